The van der Waals surface area contributed by atoms with Crippen LogP contribution in [0.15, 0.2) is 61.7 Å². The van der Waals surface area contributed by atoms with Crippen molar-refractivity contribution in [2.24, 2.45) is 0 Å². The molecule has 36 heavy (non-hydrogen) atoms. The molecule has 2 aromatic rings. The molecule has 2 rings (SSSR count). The van der Waals surface area contributed by atoms with Crippen LogP contribution in [0.2, 0.25) is 77.6 Å². The van der Waals surface area contributed by atoms with Gasteiger partial charge in [-0.3, -0.25) is 0 Å². The summed E-state index contributed by atoms with van der Waals surface area (Å²) in [6.07, 6.45) is 3.80. The van der Waals surface area contributed by atoms with Crippen molar-refractivity contribution in [3.8, 4) is 0 Å². The molecule has 0 heterocycles. The van der Waals surface area contributed by atoms with Gasteiger partial charge in [0.15, 0.2) is 16.6 Å². The van der Waals surface area contributed by atoms with E-state index in [0.29, 0.717) is 0 Å². The Balaban J connectivity index is 2.49. The summed E-state index contributed by atoms with van der Waals surface area (Å²) in [6, 6.07) is 19.7. The van der Waals surface area contributed by atoms with Crippen molar-refractivity contribution in [2.45, 2.75) is 77.6 Å². The molecule has 0 saturated heterocycles. The first-order chi connectivity index (χ1) is 16.4. The highest BCUT2D eigenvalue weighted by molar-refractivity contribution is 6.97. The molecular weight excluding hydrogens is 525 g/mol. The van der Waals surface area contributed by atoms with Crippen LogP contribution in [-0.2, 0) is 12.3 Å². The average Bonchev–Trinajstić information content (AvgIpc) is 2.75. The van der Waals surface area contributed by atoms with Gasteiger partial charge in [0, 0.05) is 0 Å². The molecule has 0 aromatic heterocycles. The summed E-state index contributed by atoms with van der Waals surface area (Å²) in [5.74, 6) is 0. The first-order valence-electron chi connectivity index (χ1n) is 13.0. The van der Waals surface area contributed by atoms with E-state index < -0.39 is 41.8 Å². The van der Waals surface area contributed by atoms with Crippen LogP contribution < -0.4 is 10.4 Å². The molecule has 0 radical (unpaired) electrons. The van der Waals surface area contributed by atoms with Crippen LogP contribution in [0.5, 0.6) is 0 Å². The van der Waals surface area contributed by atoms with Gasteiger partial charge in [0.2, 0.25) is 16.6 Å². The molecule has 8 heteroatoms. The Hall–Kier alpha value is -1.12. The smallest absolute Gasteiger partial charge is 0.311 e. The molecule has 0 aliphatic carbocycles. The van der Waals surface area contributed by atoms with Gasteiger partial charge in [-0.2, -0.15) is 0 Å². The minimum atomic E-state index is -2.35. The van der Waals surface area contributed by atoms with Crippen LogP contribution >= 0.6 is 0 Å². The first kappa shape index (κ1) is 31.1. The quantitative estimate of drug-likeness (QED) is 0.231. The topological polar surface area (TPSA) is 27.7 Å². The van der Waals surface area contributed by atoms with Gasteiger partial charge in [-0.1, -0.05) is 73.8 Å². The van der Waals surface area contributed by atoms with E-state index in [1.54, 1.807) is 0 Å². The number of hydrogen-bond acceptors (Lipinski definition) is 3. The maximum absolute atomic E-state index is 7.19. The molecule has 198 valence electrons. The van der Waals surface area contributed by atoms with Gasteiger partial charge in [0.05, 0.1) is 0 Å². The van der Waals surface area contributed by atoms with Crippen molar-refractivity contribution in [2.75, 3.05) is 0 Å². The SMILES string of the molecule is C=Cc1ccc([Si](C)(CC[Si](C)(O[Si](C)(C)O[Si](C)(C)C)c2ccc(C=C)cc2)O[Si](C)(C)C)cc1. The van der Waals surface area contributed by atoms with Gasteiger partial charge in [-0.25, -0.2) is 0 Å². The normalized spacial score (nSPS) is 16.2. The number of rotatable bonds is 13. The van der Waals surface area contributed by atoms with Crippen molar-refractivity contribution in [3.63, 3.8) is 0 Å². The Morgan fingerprint density at radius 1 is 0.528 bits per heavy atom. The Kier molecular flexibility index (Phi) is 10.1. The largest absolute Gasteiger partial charge is 0.452 e. The summed E-state index contributed by atoms with van der Waals surface area (Å²) in [4.78, 5) is 0. The van der Waals surface area contributed by atoms with Gasteiger partial charge < -0.3 is 12.3 Å². The maximum atomic E-state index is 7.19. The summed E-state index contributed by atoms with van der Waals surface area (Å²) in [5.41, 5.74) is 2.28. The van der Waals surface area contributed by atoms with Crippen molar-refractivity contribution < 1.29 is 12.3 Å². The standard InChI is InChI=1S/C28H48O3Si5/c1-13-25-15-19-27(20-16-25)35(11,30-33(6,7)8)23-24-36(12,28-21-17-26(14-2)18-22-28)31-34(9,10)29-32(3,4)5/h13-22H,1-2,23-24H2,3-12H3. The van der Waals surface area contributed by atoms with E-state index in [-0.39, 0.29) is 0 Å². The second-order valence-corrected chi connectivity index (χ2v) is 33.3. The van der Waals surface area contributed by atoms with Crippen LogP contribution in [0, 0.1) is 0 Å². The van der Waals surface area contributed by atoms with Gasteiger partial charge in [0.25, 0.3) is 0 Å². The molecule has 0 N–H and O–H groups in total. The monoisotopic (exact) mass is 572 g/mol. The predicted octanol–water partition coefficient (Wildman–Crippen LogP) is 7.66. The van der Waals surface area contributed by atoms with E-state index >= 15 is 0 Å². The second kappa shape index (κ2) is 11.7. The fourth-order valence-electron chi connectivity index (χ4n) is 4.91. The zero-order valence-corrected chi connectivity index (χ0v) is 29.3. The van der Waals surface area contributed by atoms with Gasteiger partial charge in [0.1, 0.15) is 0 Å². The van der Waals surface area contributed by atoms with Crippen molar-refractivity contribution in [1.29, 1.82) is 0 Å². The summed E-state index contributed by atoms with van der Waals surface area (Å²) in [5, 5.41) is 2.67. The predicted molar refractivity (Wildman–Crippen MR) is 173 cm³/mol. The molecule has 0 saturated carbocycles. The molecule has 0 spiro atoms. The fraction of sp³-hybridized carbons (Fsp3) is 0.429. The van der Waals surface area contributed by atoms with Crippen molar-refractivity contribution >= 4 is 64.4 Å². The van der Waals surface area contributed by atoms with Crippen molar-refractivity contribution in [3.05, 3.63) is 72.8 Å². The molecule has 0 fully saturated rings. The van der Waals surface area contributed by atoms with Crippen LogP contribution in [0.3, 0.4) is 0 Å². The van der Waals surface area contributed by atoms with Crippen LogP contribution in [0.1, 0.15) is 11.1 Å². The summed E-state index contributed by atoms with van der Waals surface area (Å²) >= 11 is 0. The molecule has 3 nitrogen and oxygen atoms in total. The third kappa shape index (κ3) is 9.32. The van der Waals surface area contributed by atoms with Crippen LogP contribution in [0.25, 0.3) is 12.2 Å². The average molecular weight is 573 g/mol. The Bertz CT molecular complexity index is 1020. The van der Waals surface area contributed by atoms with E-state index in [9.17, 15) is 0 Å². The molecule has 2 atom stereocenters. The van der Waals surface area contributed by atoms with E-state index in [1.165, 1.54) is 10.4 Å². The third-order valence-corrected chi connectivity index (χ3v) is 24.6. The van der Waals surface area contributed by atoms with Gasteiger partial charge in [-0.05, 0) is 99.1 Å². The molecule has 2 unspecified atom stereocenters. The molecule has 0 aliphatic heterocycles. The van der Waals surface area contributed by atoms with Crippen LogP contribution in [0.4, 0.5) is 0 Å². The van der Waals surface area contributed by atoms with Crippen molar-refractivity contribution in [1.82, 2.24) is 0 Å². The maximum Gasteiger partial charge on any atom is 0.311 e. The lowest BCUT2D eigenvalue weighted by Crippen LogP contribution is -2.60. The van der Waals surface area contributed by atoms with E-state index in [4.69, 9.17) is 12.3 Å². The summed E-state index contributed by atoms with van der Waals surface area (Å²) in [6.45, 7) is 30.7. The lowest BCUT2D eigenvalue weighted by atomic mass is 10.2. The highest BCUT2D eigenvalue weighted by Gasteiger charge is 2.45. The third-order valence-electron chi connectivity index (χ3n) is 6.15. The zero-order valence-electron chi connectivity index (χ0n) is 24.3. The minimum absolute atomic E-state index is 1.00. The highest BCUT2D eigenvalue weighted by atomic mass is 28.5. The van der Waals surface area contributed by atoms with Gasteiger partial charge in [-0.15, -0.1) is 0 Å². The highest BCUT2D eigenvalue weighted by Crippen LogP contribution is 2.29. The molecule has 0 aliphatic rings. The molecule has 2 aromatic carbocycles. The minimum Gasteiger partial charge on any atom is -0.452 e. The first-order valence-corrected chi connectivity index (χ1v) is 27.8. The Morgan fingerprint density at radius 3 is 1.17 bits per heavy atom. The molecule has 0 bridgehead atoms. The lowest BCUT2D eigenvalue weighted by molar-refractivity contribution is 0.395. The lowest BCUT2D eigenvalue weighted by Gasteiger charge is -2.42. The van der Waals surface area contributed by atoms with E-state index in [1.807, 2.05) is 12.2 Å². The Labute approximate surface area is 226 Å². The number of hydrogen-bond donors (Lipinski definition) is 0. The van der Waals surface area contributed by atoms with E-state index in [0.717, 1.165) is 23.2 Å². The second-order valence-electron chi connectivity index (χ2n) is 12.5. The van der Waals surface area contributed by atoms with Crippen LogP contribution in [-0.4, -0.2) is 41.8 Å². The van der Waals surface area contributed by atoms with E-state index in [2.05, 4.69) is 127 Å². The summed E-state index contributed by atoms with van der Waals surface area (Å²) < 4.78 is 20.9. The number of benzene rings is 2. The zero-order chi connectivity index (χ0) is 27.4. The summed E-state index contributed by atoms with van der Waals surface area (Å²) in [7, 11) is -10.4. The van der Waals surface area contributed by atoms with Gasteiger partial charge >= 0.3 is 8.56 Å². The molecule has 0 amide bonds. The Morgan fingerprint density at radius 2 is 0.861 bits per heavy atom. The fourth-order valence-corrected chi connectivity index (χ4v) is 29.0. The molecular formula is C28H48O3Si5.